The molecule has 3 aromatic rings. The van der Waals surface area contributed by atoms with Crippen LogP contribution in [0.1, 0.15) is 25.9 Å². The molecule has 2 heterocycles. The lowest BCUT2D eigenvalue weighted by molar-refractivity contribution is 0.0994. The topological polar surface area (TPSA) is 84.2 Å². The molecule has 0 radical (unpaired) electrons. The summed E-state index contributed by atoms with van der Waals surface area (Å²) in [7, 11) is 0. The van der Waals surface area contributed by atoms with Gasteiger partial charge in [0.1, 0.15) is 4.88 Å². The maximum Gasteiger partial charge on any atom is 0.293 e. The number of halogens is 1. The highest BCUT2D eigenvalue weighted by Crippen LogP contribution is 2.26. The predicted octanol–water partition coefficient (Wildman–Crippen LogP) is 4.20. The van der Waals surface area contributed by atoms with Crippen LogP contribution in [0.25, 0.3) is 0 Å². The largest absolute Gasteiger partial charge is 0.459 e. The van der Waals surface area contributed by atoms with Gasteiger partial charge >= 0.3 is 0 Å². The van der Waals surface area contributed by atoms with Crippen LogP contribution in [0.3, 0.4) is 0 Å². The first-order valence-corrected chi connectivity index (χ1v) is 8.12. The number of carbonyl (C=O) groups excluding carboxylic acids is 2. The second-order valence-electron chi connectivity index (χ2n) is 4.80. The molecule has 0 aliphatic heterocycles. The normalized spacial score (nSPS) is 10.4. The van der Waals surface area contributed by atoms with Gasteiger partial charge in [0.2, 0.25) is 0 Å². The molecule has 1 aromatic carbocycles. The zero-order valence-corrected chi connectivity index (χ0v) is 14.1. The van der Waals surface area contributed by atoms with Crippen LogP contribution in [0.15, 0.2) is 47.1 Å². The van der Waals surface area contributed by atoms with Gasteiger partial charge in [0.25, 0.3) is 11.8 Å². The smallest absolute Gasteiger partial charge is 0.293 e. The van der Waals surface area contributed by atoms with Crippen LogP contribution in [0.2, 0.25) is 5.02 Å². The van der Waals surface area contributed by atoms with Gasteiger partial charge in [0.15, 0.2) is 10.9 Å². The van der Waals surface area contributed by atoms with Gasteiger partial charge in [-0.2, -0.15) is 0 Å². The van der Waals surface area contributed by atoms with E-state index in [4.69, 9.17) is 16.0 Å². The highest BCUT2D eigenvalue weighted by atomic mass is 35.5. The molecule has 24 heavy (non-hydrogen) atoms. The number of anilines is 2. The fraction of sp³-hybridized carbons (Fsp3) is 0.0625. The summed E-state index contributed by atoms with van der Waals surface area (Å²) < 4.78 is 5.02. The number of hydrogen-bond acceptors (Lipinski definition) is 5. The number of furan rings is 1. The van der Waals surface area contributed by atoms with Crippen molar-refractivity contribution in [2.45, 2.75) is 6.92 Å². The van der Waals surface area contributed by atoms with Crippen molar-refractivity contribution in [3.63, 3.8) is 0 Å². The summed E-state index contributed by atoms with van der Waals surface area (Å²) >= 11 is 7.11. The van der Waals surface area contributed by atoms with Gasteiger partial charge in [-0.25, -0.2) is 4.98 Å². The van der Waals surface area contributed by atoms with Gasteiger partial charge in [-0.05, 0) is 31.2 Å². The number of nitrogens with zero attached hydrogens (tertiary/aromatic N) is 1. The Labute approximate surface area is 146 Å². The summed E-state index contributed by atoms with van der Waals surface area (Å²) in [5.74, 6) is -0.590. The Morgan fingerprint density at radius 1 is 1.12 bits per heavy atom. The number of rotatable bonds is 4. The lowest BCUT2D eigenvalue weighted by Crippen LogP contribution is -2.11. The molecule has 8 heteroatoms. The van der Waals surface area contributed by atoms with Gasteiger partial charge in [-0.1, -0.05) is 35.1 Å². The van der Waals surface area contributed by atoms with Crippen LogP contribution in [0.4, 0.5) is 10.8 Å². The molecule has 0 atom stereocenters. The predicted molar refractivity (Wildman–Crippen MR) is 92.9 cm³/mol. The molecule has 0 spiro atoms. The van der Waals surface area contributed by atoms with E-state index in [-0.39, 0.29) is 11.7 Å². The molecule has 6 nitrogen and oxygen atoms in total. The number of carbonyl (C=O) groups is 2. The lowest BCUT2D eigenvalue weighted by atomic mass is 10.3. The molecule has 0 saturated heterocycles. The fourth-order valence-electron chi connectivity index (χ4n) is 1.97. The van der Waals surface area contributed by atoms with Crippen molar-refractivity contribution < 1.29 is 14.0 Å². The van der Waals surface area contributed by atoms with Crippen LogP contribution in [-0.2, 0) is 0 Å². The first-order chi connectivity index (χ1) is 11.5. The van der Waals surface area contributed by atoms with Crippen molar-refractivity contribution in [1.29, 1.82) is 0 Å². The van der Waals surface area contributed by atoms with E-state index in [9.17, 15) is 9.59 Å². The minimum Gasteiger partial charge on any atom is -0.459 e. The van der Waals surface area contributed by atoms with E-state index in [1.165, 1.54) is 6.26 Å². The number of benzene rings is 1. The Balaban J connectivity index is 1.75. The Hall–Kier alpha value is -2.64. The first-order valence-electron chi connectivity index (χ1n) is 6.93. The summed E-state index contributed by atoms with van der Waals surface area (Å²) in [4.78, 5) is 28.9. The van der Waals surface area contributed by atoms with Gasteiger partial charge in [0, 0.05) is 0 Å². The number of aromatic nitrogens is 1. The Morgan fingerprint density at radius 3 is 2.62 bits per heavy atom. The van der Waals surface area contributed by atoms with Crippen molar-refractivity contribution in [3.05, 3.63) is 64.0 Å². The van der Waals surface area contributed by atoms with Gasteiger partial charge in [-0.15, -0.1) is 0 Å². The molecule has 3 rings (SSSR count). The van der Waals surface area contributed by atoms with Crippen molar-refractivity contribution in [3.8, 4) is 0 Å². The Kier molecular flexibility index (Phi) is 4.64. The van der Waals surface area contributed by atoms with Crippen LogP contribution in [-0.4, -0.2) is 16.8 Å². The second-order valence-corrected chi connectivity index (χ2v) is 6.21. The van der Waals surface area contributed by atoms with E-state index < -0.39 is 5.91 Å². The molecule has 122 valence electrons. The average Bonchev–Trinajstić information content (AvgIpc) is 3.19. The van der Waals surface area contributed by atoms with E-state index in [1.807, 2.05) is 0 Å². The maximum atomic E-state index is 12.4. The molecule has 0 unspecified atom stereocenters. The SMILES string of the molecule is Cc1nc(NC(=O)c2ccco2)sc1C(=O)Nc1ccccc1Cl. The molecule has 0 fully saturated rings. The van der Waals surface area contributed by atoms with E-state index in [0.29, 0.717) is 26.4 Å². The van der Waals surface area contributed by atoms with Crippen molar-refractivity contribution in [2.24, 2.45) is 0 Å². The standard InChI is InChI=1S/C16H12ClN3O3S/c1-9-13(15(22)19-11-6-3-2-5-10(11)17)24-16(18-9)20-14(21)12-7-4-8-23-12/h2-8H,1H3,(H,19,22)(H,18,20,21). The number of hydrogen-bond donors (Lipinski definition) is 2. The van der Waals surface area contributed by atoms with E-state index in [1.54, 1.807) is 43.3 Å². The van der Waals surface area contributed by atoms with Gasteiger partial charge < -0.3 is 9.73 Å². The zero-order chi connectivity index (χ0) is 17.1. The quantitative estimate of drug-likeness (QED) is 0.729. The maximum absolute atomic E-state index is 12.4. The highest BCUT2D eigenvalue weighted by molar-refractivity contribution is 7.17. The van der Waals surface area contributed by atoms with E-state index >= 15 is 0 Å². The summed E-state index contributed by atoms with van der Waals surface area (Å²) in [6.07, 6.45) is 1.41. The molecule has 2 amide bonds. The van der Waals surface area contributed by atoms with Crippen LogP contribution in [0, 0.1) is 6.92 Å². The third-order valence-corrected chi connectivity index (χ3v) is 4.49. The molecule has 0 saturated carbocycles. The summed E-state index contributed by atoms with van der Waals surface area (Å²) in [6, 6.07) is 10.1. The van der Waals surface area contributed by atoms with Gasteiger partial charge in [0.05, 0.1) is 22.7 Å². The molecular formula is C16H12ClN3O3S. The Bertz CT molecular complexity index is 890. The average molecular weight is 362 g/mol. The number of amides is 2. The van der Waals surface area contributed by atoms with Crippen LogP contribution in [0.5, 0.6) is 0 Å². The Morgan fingerprint density at radius 2 is 1.92 bits per heavy atom. The monoisotopic (exact) mass is 361 g/mol. The van der Waals surface area contributed by atoms with Crippen LogP contribution >= 0.6 is 22.9 Å². The summed E-state index contributed by atoms with van der Waals surface area (Å²) in [5, 5.41) is 6.10. The lowest BCUT2D eigenvalue weighted by Gasteiger charge is -2.05. The molecule has 0 aliphatic carbocycles. The number of thiazole rings is 1. The van der Waals surface area contributed by atoms with E-state index in [0.717, 1.165) is 11.3 Å². The minimum absolute atomic E-state index is 0.171. The van der Waals surface area contributed by atoms with Crippen molar-refractivity contribution in [1.82, 2.24) is 4.98 Å². The second kappa shape index (κ2) is 6.86. The molecule has 2 N–H and O–H groups in total. The minimum atomic E-state index is -0.424. The fourth-order valence-corrected chi connectivity index (χ4v) is 3.01. The third-order valence-electron chi connectivity index (χ3n) is 3.09. The highest BCUT2D eigenvalue weighted by Gasteiger charge is 2.18. The summed E-state index contributed by atoms with van der Waals surface area (Å²) in [6.45, 7) is 1.70. The molecule has 2 aromatic heterocycles. The molecular weight excluding hydrogens is 350 g/mol. The number of aryl methyl sites for hydroxylation is 1. The van der Waals surface area contributed by atoms with Crippen molar-refractivity contribution >= 4 is 45.6 Å². The number of nitrogens with one attached hydrogen (secondary N) is 2. The third kappa shape index (κ3) is 3.47. The molecule has 0 bridgehead atoms. The zero-order valence-electron chi connectivity index (χ0n) is 12.5. The first kappa shape index (κ1) is 16.2. The molecule has 0 aliphatic rings. The van der Waals surface area contributed by atoms with Crippen LogP contribution < -0.4 is 10.6 Å². The van der Waals surface area contributed by atoms with Crippen molar-refractivity contribution in [2.75, 3.05) is 10.6 Å². The summed E-state index contributed by atoms with van der Waals surface area (Å²) in [5.41, 5.74) is 1.03. The number of para-hydroxylation sites is 1. The van der Waals surface area contributed by atoms with Gasteiger partial charge in [-0.3, -0.25) is 14.9 Å². The van der Waals surface area contributed by atoms with E-state index in [2.05, 4.69) is 15.6 Å².